The van der Waals surface area contributed by atoms with Gasteiger partial charge >= 0.3 is 5.97 Å². The van der Waals surface area contributed by atoms with E-state index >= 15 is 0 Å². The van der Waals surface area contributed by atoms with Gasteiger partial charge in [-0.2, -0.15) is 0 Å². The van der Waals surface area contributed by atoms with Crippen molar-refractivity contribution in [3.8, 4) is 0 Å². The van der Waals surface area contributed by atoms with E-state index in [2.05, 4.69) is 21.2 Å². The smallest absolute Gasteiger partial charge is 0.325 e. The maximum Gasteiger partial charge on any atom is 0.325 e. The first-order chi connectivity index (χ1) is 6.70. The second kappa shape index (κ2) is 3.71. The first kappa shape index (κ1) is 9.68. The molecule has 0 amide bonds. The Morgan fingerprint density at radius 2 is 2.36 bits per heavy atom. The van der Waals surface area contributed by atoms with E-state index in [-0.39, 0.29) is 0 Å². The standard InChI is InChI=1S/C10H10BrNO2/c11-8-3-1-2-7-6(8)4-5-12-9(7)10(13)14/h1-3,9,12H,4-5H2,(H,13,14)/t9-/m1/s1. The maximum atomic E-state index is 11.0. The lowest BCUT2D eigenvalue weighted by Gasteiger charge is -2.24. The van der Waals surface area contributed by atoms with Crippen LogP contribution in [0, 0.1) is 0 Å². The highest BCUT2D eigenvalue weighted by Gasteiger charge is 2.26. The summed E-state index contributed by atoms with van der Waals surface area (Å²) < 4.78 is 1.00. The van der Waals surface area contributed by atoms with Crippen LogP contribution in [-0.4, -0.2) is 17.6 Å². The van der Waals surface area contributed by atoms with Gasteiger partial charge in [-0.3, -0.25) is 4.79 Å². The molecule has 0 spiro atoms. The number of hydrogen-bond donors (Lipinski definition) is 2. The van der Waals surface area contributed by atoms with Crippen LogP contribution >= 0.6 is 15.9 Å². The van der Waals surface area contributed by atoms with Crippen LogP contribution in [0.3, 0.4) is 0 Å². The predicted molar refractivity (Wildman–Crippen MR) is 56.2 cm³/mol. The third-order valence-corrected chi connectivity index (χ3v) is 3.18. The minimum absolute atomic E-state index is 0.559. The number of carbonyl (C=O) groups is 1. The number of halogens is 1. The molecular weight excluding hydrogens is 246 g/mol. The fourth-order valence-corrected chi connectivity index (χ4v) is 2.36. The highest BCUT2D eigenvalue weighted by molar-refractivity contribution is 9.10. The first-order valence-electron chi connectivity index (χ1n) is 4.43. The highest BCUT2D eigenvalue weighted by Crippen LogP contribution is 2.28. The number of benzene rings is 1. The van der Waals surface area contributed by atoms with Crippen LogP contribution in [-0.2, 0) is 11.2 Å². The number of nitrogens with one attached hydrogen (secondary N) is 1. The van der Waals surface area contributed by atoms with Crippen molar-refractivity contribution in [1.29, 1.82) is 0 Å². The number of fused-ring (bicyclic) bond motifs is 1. The average Bonchev–Trinajstić information content (AvgIpc) is 2.17. The van der Waals surface area contributed by atoms with Crippen molar-refractivity contribution in [2.75, 3.05) is 6.54 Å². The zero-order valence-electron chi connectivity index (χ0n) is 7.46. The lowest BCUT2D eigenvalue weighted by molar-refractivity contribution is -0.139. The Labute approximate surface area is 90.3 Å². The van der Waals surface area contributed by atoms with E-state index in [4.69, 9.17) is 5.11 Å². The molecule has 0 bridgehead atoms. The summed E-state index contributed by atoms with van der Waals surface area (Å²) in [5.41, 5.74) is 1.98. The summed E-state index contributed by atoms with van der Waals surface area (Å²) in [4.78, 5) is 11.0. The minimum atomic E-state index is -0.816. The van der Waals surface area contributed by atoms with Crippen LogP contribution in [0.1, 0.15) is 17.2 Å². The van der Waals surface area contributed by atoms with Crippen molar-refractivity contribution in [1.82, 2.24) is 5.32 Å². The SMILES string of the molecule is O=C(O)[C@@H]1NCCc2c(Br)cccc21. The molecule has 0 fully saturated rings. The maximum absolute atomic E-state index is 11.0. The van der Waals surface area contributed by atoms with Gasteiger partial charge in [0.2, 0.25) is 0 Å². The molecule has 2 rings (SSSR count). The lowest BCUT2D eigenvalue weighted by atomic mass is 9.94. The van der Waals surface area contributed by atoms with Crippen LogP contribution in [0.15, 0.2) is 22.7 Å². The molecule has 0 saturated heterocycles. The summed E-state index contributed by atoms with van der Waals surface area (Å²) in [6, 6.07) is 5.12. The van der Waals surface area contributed by atoms with Crippen molar-refractivity contribution >= 4 is 21.9 Å². The van der Waals surface area contributed by atoms with Crippen LogP contribution in [0.5, 0.6) is 0 Å². The Morgan fingerprint density at radius 3 is 3.07 bits per heavy atom. The van der Waals surface area contributed by atoms with Crippen molar-refractivity contribution in [3.05, 3.63) is 33.8 Å². The van der Waals surface area contributed by atoms with E-state index in [0.717, 1.165) is 22.0 Å². The third kappa shape index (κ3) is 1.55. The van der Waals surface area contributed by atoms with Crippen LogP contribution in [0.25, 0.3) is 0 Å². The van der Waals surface area contributed by atoms with Crippen molar-refractivity contribution < 1.29 is 9.90 Å². The molecule has 1 aliphatic heterocycles. The highest BCUT2D eigenvalue weighted by atomic mass is 79.9. The van der Waals surface area contributed by atoms with Crippen molar-refractivity contribution in [2.24, 2.45) is 0 Å². The molecule has 0 aromatic heterocycles. The number of carboxylic acids is 1. The molecule has 2 N–H and O–H groups in total. The summed E-state index contributed by atoms with van der Waals surface area (Å²) >= 11 is 3.44. The molecule has 1 heterocycles. The fraction of sp³-hybridized carbons (Fsp3) is 0.300. The van der Waals surface area contributed by atoms with Gasteiger partial charge in [0.25, 0.3) is 0 Å². The van der Waals surface area contributed by atoms with Gasteiger partial charge in [0.15, 0.2) is 0 Å². The van der Waals surface area contributed by atoms with Crippen molar-refractivity contribution in [2.45, 2.75) is 12.5 Å². The molecular formula is C10H10BrNO2. The van der Waals surface area contributed by atoms with E-state index in [0.29, 0.717) is 6.54 Å². The van der Waals surface area contributed by atoms with Crippen LogP contribution < -0.4 is 5.32 Å². The van der Waals surface area contributed by atoms with Crippen molar-refractivity contribution in [3.63, 3.8) is 0 Å². The lowest BCUT2D eigenvalue weighted by Crippen LogP contribution is -2.35. The first-order valence-corrected chi connectivity index (χ1v) is 5.23. The quantitative estimate of drug-likeness (QED) is 0.804. The third-order valence-electron chi connectivity index (χ3n) is 2.44. The Bertz CT molecular complexity index is 378. The molecule has 1 aliphatic rings. The Kier molecular flexibility index (Phi) is 2.56. The van der Waals surface area contributed by atoms with Crippen LogP contribution in [0.2, 0.25) is 0 Å². The van der Waals surface area contributed by atoms with Gasteiger partial charge in [0, 0.05) is 11.0 Å². The van der Waals surface area contributed by atoms with Crippen LogP contribution in [0.4, 0.5) is 0 Å². The summed E-state index contributed by atoms with van der Waals surface area (Å²) in [5.74, 6) is -0.816. The van der Waals surface area contributed by atoms with E-state index in [9.17, 15) is 4.79 Å². The second-order valence-corrected chi connectivity index (χ2v) is 4.14. The molecule has 4 heteroatoms. The molecule has 0 saturated carbocycles. The zero-order chi connectivity index (χ0) is 10.1. The van der Waals surface area contributed by atoms with Gasteiger partial charge in [0.05, 0.1) is 0 Å². The van der Waals surface area contributed by atoms with Gasteiger partial charge < -0.3 is 10.4 Å². The Morgan fingerprint density at radius 1 is 1.57 bits per heavy atom. The van der Waals surface area contributed by atoms with E-state index < -0.39 is 12.0 Å². The second-order valence-electron chi connectivity index (χ2n) is 3.28. The molecule has 0 radical (unpaired) electrons. The summed E-state index contributed by atoms with van der Waals surface area (Å²) in [5, 5.41) is 12.0. The molecule has 14 heavy (non-hydrogen) atoms. The minimum Gasteiger partial charge on any atom is -0.480 e. The zero-order valence-corrected chi connectivity index (χ0v) is 9.04. The Hall–Kier alpha value is -0.870. The fourth-order valence-electron chi connectivity index (χ4n) is 1.78. The summed E-state index contributed by atoms with van der Waals surface area (Å²) in [6.45, 7) is 0.715. The normalized spacial score (nSPS) is 20.2. The van der Waals surface area contributed by atoms with E-state index in [1.165, 1.54) is 0 Å². The van der Waals surface area contributed by atoms with Gasteiger partial charge in [-0.25, -0.2) is 0 Å². The predicted octanol–water partition coefficient (Wildman–Crippen LogP) is 1.72. The number of carboxylic acid groups (broad SMARTS) is 1. The van der Waals surface area contributed by atoms with Gasteiger partial charge in [0.1, 0.15) is 6.04 Å². The molecule has 0 unspecified atom stereocenters. The summed E-state index contributed by atoms with van der Waals surface area (Å²) in [6.07, 6.45) is 0.876. The number of aliphatic carboxylic acids is 1. The molecule has 1 aromatic carbocycles. The largest absolute Gasteiger partial charge is 0.480 e. The molecule has 74 valence electrons. The summed E-state index contributed by atoms with van der Waals surface area (Å²) in [7, 11) is 0. The van der Waals surface area contributed by atoms with Gasteiger partial charge in [-0.05, 0) is 23.6 Å². The van der Waals surface area contributed by atoms with Gasteiger partial charge in [-0.15, -0.1) is 0 Å². The molecule has 1 aromatic rings. The van der Waals surface area contributed by atoms with E-state index in [1.54, 1.807) is 0 Å². The number of hydrogen-bond acceptors (Lipinski definition) is 2. The number of rotatable bonds is 1. The van der Waals surface area contributed by atoms with E-state index in [1.807, 2.05) is 18.2 Å². The molecule has 3 nitrogen and oxygen atoms in total. The Balaban J connectivity index is 2.49. The monoisotopic (exact) mass is 255 g/mol. The molecule has 0 aliphatic carbocycles. The van der Waals surface area contributed by atoms with Gasteiger partial charge in [-0.1, -0.05) is 28.1 Å². The topological polar surface area (TPSA) is 49.3 Å². The average molecular weight is 256 g/mol. The molecule has 1 atom stereocenters.